The smallest absolute Gasteiger partial charge is 0.259 e. The number of amides is 1. The summed E-state index contributed by atoms with van der Waals surface area (Å²) >= 11 is 1.27. The van der Waals surface area contributed by atoms with Gasteiger partial charge in [-0.25, -0.2) is 9.89 Å². The molecule has 106 valence electrons. The second kappa shape index (κ2) is 5.34. The van der Waals surface area contributed by atoms with Crippen molar-refractivity contribution in [1.82, 2.24) is 4.90 Å². The van der Waals surface area contributed by atoms with Gasteiger partial charge in [-0.2, -0.15) is 5.26 Å². The van der Waals surface area contributed by atoms with E-state index in [0.29, 0.717) is 11.0 Å². The van der Waals surface area contributed by atoms with Crippen LogP contribution in [0, 0.1) is 17.2 Å². The number of carbonyl (C=O) groups excluding carboxylic acids is 1. The summed E-state index contributed by atoms with van der Waals surface area (Å²) < 4.78 is 0. The highest BCUT2D eigenvalue weighted by Crippen LogP contribution is 2.34. The van der Waals surface area contributed by atoms with Crippen molar-refractivity contribution in [2.75, 3.05) is 5.75 Å². The van der Waals surface area contributed by atoms with E-state index < -0.39 is 0 Å². The van der Waals surface area contributed by atoms with E-state index in [1.807, 2.05) is 38.1 Å². The van der Waals surface area contributed by atoms with Crippen molar-refractivity contribution in [3.05, 3.63) is 29.8 Å². The molecule has 2 aliphatic rings. The minimum Gasteiger partial charge on any atom is -0.271 e. The van der Waals surface area contributed by atoms with Crippen molar-refractivity contribution in [1.29, 1.82) is 5.26 Å². The fourth-order valence-electron chi connectivity index (χ4n) is 2.40. The molecule has 2 aliphatic heterocycles. The van der Waals surface area contributed by atoms with E-state index in [-0.39, 0.29) is 23.6 Å². The molecule has 6 heteroatoms. The summed E-state index contributed by atoms with van der Waals surface area (Å²) in [6.45, 7) is 3.96. The third-order valence-corrected chi connectivity index (χ3v) is 4.20. The third-order valence-electron chi connectivity index (χ3n) is 3.40. The van der Waals surface area contributed by atoms with Gasteiger partial charge in [0, 0.05) is 5.56 Å². The van der Waals surface area contributed by atoms with Crippen molar-refractivity contribution in [2.45, 2.75) is 19.9 Å². The van der Waals surface area contributed by atoms with Gasteiger partial charge in [0.05, 0.1) is 17.5 Å². The highest BCUT2D eigenvalue weighted by atomic mass is 32.2. The Balaban J connectivity index is 2.11. The molecular weight excluding hydrogens is 284 g/mol. The molecule has 0 unspecified atom stereocenters. The number of amidine groups is 2. The summed E-state index contributed by atoms with van der Waals surface area (Å²) in [5.41, 5.74) is 1.67. The Morgan fingerprint density at radius 1 is 1.43 bits per heavy atom. The number of nitrogens with zero attached hydrogens (tertiary/aromatic N) is 4. The highest BCUT2D eigenvalue weighted by molar-refractivity contribution is 8.14. The summed E-state index contributed by atoms with van der Waals surface area (Å²) in [6, 6.07) is 9.33. The van der Waals surface area contributed by atoms with Crippen LogP contribution in [0.3, 0.4) is 0 Å². The SMILES string of the molecule is CC(C)[C@@H]1N=C2c3ccccc3N=C(SCC#N)N2C1=O. The molecule has 3 rings (SSSR count). The van der Waals surface area contributed by atoms with Crippen LogP contribution in [0.4, 0.5) is 5.69 Å². The second-order valence-electron chi connectivity index (χ2n) is 5.17. The molecule has 21 heavy (non-hydrogen) atoms. The molecule has 0 bridgehead atoms. The molecule has 5 nitrogen and oxygen atoms in total. The maximum atomic E-state index is 12.6. The summed E-state index contributed by atoms with van der Waals surface area (Å²) in [5.74, 6) is 0.984. The van der Waals surface area contributed by atoms with Crippen LogP contribution in [0.15, 0.2) is 34.3 Å². The maximum absolute atomic E-state index is 12.6. The predicted octanol–water partition coefficient (Wildman–Crippen LogP) is 2.56. The normalized spacial score (nSPS) is 19.8. The van der Waals surface area contributed by atoms with Crippen LogP contribution in [0.2, 0.25) is 0 Å². The molecule has 0 aliphatic carbocycles. The lowest BCUT2D eigenvalue weighted by molar-refractivity contribution is -0.125. The van der Waals surface area contributed by atoms with Crippen molar-refractivity contribution in [3.8, 4) is 6.07 Å². The highest BCUT2D eigenvalue weighted by Gasteiger charge is 2.42. The minimum atomic E-state index is -0.376. The first-order valence-electron chi connectivity index (χ1n) is 6.73. The zero-order chi connectivity index (χ0) is 15.0. The van der Waals surface area contributed by atoms with Crippen LogP contribution in [0.1, 0.15) is 19.4 Å². The van der Waals surface area contributed by atoms with Gasteiger partial charge < -0.3 is 0 Å². The maximum Gasteiger partial charge on any atom is 0.259 e. The monoisotopic (exact) mass is 298 g/mol. The van der Waals surface area contributed by atoms with Crippen LogP contribution in [0.25, 0.3) is 0 Å². The van der Waals surface area contributed by atoms with Crippen molar-refractivity contribution >= 4 is 34.4 Å². The van der Waals surface area contributed by atoms with E-state index >= 15 is 0 Å². The second-order valence-corrected chi connectivity index (χ2v) is 6.12. The van der Waals surface area contributed by atoms with Gasteiger partial charge in [0.25, 0.3) is 5.91 Å². The molecule has 0 radical (unpaired) electrons. The molecule has 1 amide bonds. The minimum absolute atomic E-state index is 0.0568. The molecule has 0 saturated heterocycles. The number of benzene rings is 1. The molecule has 0 spiro atoms. The van der Waals surface area contributed by atoms with Gasteiger partial charge in [-0.1, -0.05) is 37.7 Å². The molecule has 1 aromatic rings. The number of para-hydroxylation sites is 1. The summed E-state index contributed by atoms with van der Waals surface area (Å²) in [7, 11) is 0. The molecule has 0 N–H and O–H groups in total. The molecule has 1 aromatic carbocycles. The zero-order valence-electron chi connectivity index (χ0n) is 11.8. The van der Waals surface area contributed by atoms with E-state index in [4.69, 9.17) is 5.26 Å². The van der Waals surface area contributed by atoms with E-state index in [1.54, 1.807) is 4.90 Å². The van der Waals surface area contributed by atoms with Crippen molar-refractivity contribution in [3.63, 3.8) is 0 Å². The number of rotatable bonds is 2. The fourth-order valence-corrected chi connectivity index (χ4v) is 3.06. The van der Waals surface area contributed by atoms with E-state index in [1.165, 1.54) is 11.8 Å². The Morgan fingerprint density at radius 3 is 2.90 bits per heavy atom. The van der Waals surface area contributed by atoms with Gasteiger partial charge in [-0.05, 0) is 18.1 Å². The number of hydrogen-bond acceptors (Lipinski definition) is 5. The topological polar surface area (TPSA) is 68.8 Å². The quantitative estimate of drug-likeness (QED) is 0.842. The standard InChI is InChI=1S/C15H14N4OS/c1-9(2)12-14(20)19-13(18-12)10-5-3-4-6-11(10)17-15(19)21-8-7-16/h3-6,9,12H,8H2,1-2H3/t12-/m0/s1. The van der Waals surface area contributed by atoms with Gasteiger partial charge in [-0.15, -0.1) is 0 Å². The first-order chi connectivity index (χ1) is 10.1. The number of thioether (sulfide) groups is 1. The average molecular weight is 298 g/mol. The van der Waals surface area contributed by atoms with Crippen LogP contribution >= 0.6 is 11.8 Å². The fraction of sp³-hybridized carbons (Fsp3) is 0.333. The van der Waals surface area contributed by atoms with Gasteiger partial charge >= 0.3 is 0 Å². The van der Waals surface area contributed by atoms with E-state index in [2.05, 4.69) is 16.1 Å². The van der Waals surface area contributed by atoms with Gasteiger partial charge in [0.1, 0.15) is 11.9 Å². The summed E-state index contributed by atoms with van der Waals surface area (Å²) in [6.07, 6.45) is 0. The number of fused-ring (bicyclic) bond motifs is 3. The van der Waals surface area contributed by atoms with Gasteiger partial charge in [0.15, 0.2) is 5.17 Å². The third kappa shape index (κ3) is 2.24. The van der Waals surface area contributed by atoms with Crippen LogP contribution in [-0.2, 0) is 4.79 Å². The largest absolute Gasteiger partial charge is 0.271 e. The van der Waals surface area contributed by atoms with Crippen LogP contribution in [-0.4, -0.2) is 33.6 Å². The molecule has 0 fully saturated rings. The molecule has 0 aromatic heterocycles. The first-order valence-corrected chi connectivity index (χ1v) is 7.71. The molecule has 1 atom stereocenters. The molecular formula is C15H14N4OS. The van der Waals surface area contributed by atoms with Crippen LogP contribution < -0.4 is 0 Å². The van der Waals surface area contributed by atoms with E-state index in [0.717, 1.165) is 11.3 Å². The number of hydrogen-bond donors (Lipinski definition) is 0. The van der Waals surface area contributed by atoms with Gasteiger partial charge in [0.2, 0.25) is 0 Å². The average Bonchev–Trinajstić information content (AvgIpc) is 2.83. The molecule has 0 saturated carbocycles. The Hall–Kier alpha value is -2.13. The summed E-state index contributed by atoms with van der Waals surface area (Å²) in [4.78, 5) is 23.3. The van der Waals surface area contributed by atoms with Crippen LogP contribution in [0.5, 0.6) is 0 Å². The number of nitriles is 1. The Labute approximate surface area is 127 Å². The van der Waals surface area contributed by atoms with Crippen molar-refractivity contribution < 1.29 is 4.79 Å². The lowest BCUT2D eigenvalue weighted by Crippen LogP contribution is -2.42. The van der Waals surface area contributed by atoms with Gasteiger partial charge in [-0.3, -0.25) is 9.79 Å². The lowest BCUT2D eigenvalue weighted by Gasteiger charge is -2.25. The van der Waals surface area contributed by atoms with E-state index in [9.17, 15) is 4.79 Å². The van der Waals surface area contributed by atoms with Crippen molar-refractivity contribution in [2.24, 2.45) is 15.9 Å². The zero-order valence-corrected chi connectivity index (χ0v) is 12.6. The summed E-state index contributed by atoms with van der Waals surface area (Å²) in [5, 5.41) is 9.32. The Bertz CT molecular complexity index is 702. The lowest BCUT2D eigenvalue weighted by atomic mass is 10.1. The first kappa shape index (κ1) is 13.8. The Kier molecular flexibility index (Phi) is 3.52. The Morgan fingerprint density at radius 2 is 2.19 bits per heavy atom. The predicted molar refractivity (Wildman–Crippen MR) is 83.6 cm³/mol. The molecule has 2 heterocycles. The number of carbonyl (C=O) groups is 1. The number of aliphatic imine (C=N–C) groups is 2.